The summed E-state index contributed by atoms with van der Waals surface area (Å²) in [5, 5.41) is 5.62. The van der Waals surface area contributed by atoms with Crippen molar-refractivity contribution in [2.75, 3.05) is 6.54 Å². The van der Waals surface area contributed by atoms with Gasteiger partial charge in [0.25, 0.3) is 0 Å². The maximum Gasteiger partial charge on any atom is 0.410 e. The fourth-order valence-electron chi connectivity index (χ4n) is 5.21. The minimum atomic E-state index is -4.60. The number of hydrogen-bond donors (Lipinski definition) is 1. The summed E-state index contributed by atoms with van der Waals surface area (Å²) in [5.41, 5.74) is 0.657. The average molecular weight is 559 g/mol. The zero-order valence-electron chi connectivity index (χ0n) is 25.5. The van der Waals surface area contributed by atoms with Crippen molar-refractivity contribution < 1.29 is 42.8 Å². The van der Waals surface area contributed by atoms with E-state index < -0.39 is 74.5 Å². The monoisotopic (exact) mass is 558 g/mol. The van der Waals surface area contributed by atoms with Gasteiger partial charge < -0.3 is 14.6 Å². The van der Waals surface area contributed by atoms with Crippen molar-refractivity contribution in [3.63, 3.8) is 0 Å². The number of aromatic nitrogens is 3. The molecular formula is C26H28F5N5O3. The first-order valence-corrected chi connectivity index (χ1v) is 12.3. The van der Waals surface area contributed by atoms with E-state index in [0.717, 1.165) is 11.1 Å². The molecule has 1 N–H and O–H groups in total. The Morgan fingerprint density at radius 3 is 2.77 bits per heavy atom. The number of Topliss-reactive ketones (excluding diaryl/α,β-unsaturated/α-hetero) is 1. The van der Waals surface area contributed by atoms with Crippen LogP contribution in [0.25, 0.3) is 11.1 Å². The first-order chi connectivity index (χ1) is 20.4. The van der Waals surface area contributed by atoms with Crippen molar-refractivity contribution >= 4 is 22.9 Å². The lowest BCUT2D eigenvalue weighted by atomic mass is 9.76. The van der Waals surface area contributed by atoms with Gasteiger partial charge in [-0.1, -0.05) is 6.07 Å². The molecule has 0 spiro atoms. The van der Waals surface area contributed by atoms with Gasteiger partial charge in [-0.25, -0.2) is 18.6 Å². The summed E-state index contributed by atoms with van der Waals surface area (Å²) in [7, 11) is 0. The summed E-state index contributed by atoms with van der Waals surface area (Å²) in [5.74, 6) is -4.84. The highest BCUT2D eigenvalue weighted by atomic mass is 19.4. The second kappa shape index (κ2) is 10.2. The second-order valence-electron chi connectivity index (χ2n) is 9.95. The number of hydrogen-bond acceptors (Lipinski definition) is 5. The molecule has 2 fully saturated rings. The van der Waals surface area contributed by atoms with E-state index in [-0.39, 0.29) is 48.5 Å². The molecule has 5 rings (SSSR count). The molecular weight excluding hydrogens is 525 g/mol. The number of oxazole rings is 1. The maximum atomic E-state index is 14.0. The Kier molecular flexibility index (Phi) is 5.60. The van der Waals surface area contributed by atoms with Gasteiger partial charge in [0.05, 0.1) is 9.29 Å². The van der Waals surface area contributed by atoms with E-state index in [1.807, 2.05) is 5.32 Å². The third-order valence-corrected chi connectivity index (χ3v) is 7.31. The van der Waals surface area contributed by atoms with E-state index in [0.29, 0.717) is 10.2 Å². The average Bonchev–Trinajstić information content (AvgIpc) is 3.65. The lowest BCUT2D eigenvalue weighted by Gasteiger charge is -2.32. The number of nitrogens with zero attached hydrogens (tertiary/aromatic N) is 4. The Hall–Kier alpha value is -3.51. The number of fused-ring (bicyclic) bond motifs is 1. The van der Waals surface area contributed by atoms with Crippen LogP contribution in [0.4, 0.5) is 26.7 Å². The number of benzene rings is 1. The number of alkyl halides is 5. The second-order valence-corrected chi connectivity index (χ2v) is 9.95. The quantitative estimate of drug-likeness (QED) is 0.284. The van der Waals surface area contributed by atoms with Gasteiger partial charge in [0.1, 0.15) is 17.3 Å². The maximum absolute atomic E-state index is 14.0. The molecule has 1 aliphatic carbocycles. The first kappa shape index (κ1) is 21.3. The molecule has 1 saturated carbocycles. The number of ketones is 1. The number of aryl methyl sites for hydroxylation is 1. The molecule has 39 heavy (non-hydrogen) atoms. The van der Waals surface area contributed by atoms with Crippen molar-refractivity contribution in [3.8, 4) is 0 Å². The van der Waals surface area contributed by atoms with Crippen molar-refractivity contribution in [2.24, 2.45) is 5.92 Å². The van der Waals surface area contributed by atoms with Crippen LogP contribution in [0.15, 0.2) is 34.9 Å². The zero-order chi connectivity index (χ0) is 32.2. The molecule has 2 atom stereocenters. The molecule has 13 heteroatoms. The van der Waals surface area contributed by atoms with Gasteiger partial charge in [-0.15, -0.1) is 0 Å². The number of urea groups is 1. The van der Waals surface area contributed by atoms with E-state index >= 15 is 0 Å². The highest BCUT2D eigenvalue weighted by Crippen LogP contribution is 2.44. The van der Waals surface area contributed by atoms with Gasteiger partial charge in [-0.2, -0.15) is 18.3 Å². The topological polar surface area (TPSA) is 93.3 Å². The van der Waals surface area contributed by atoms with E-state index in [2.05, 4.69) is 10.1 Å². The number of halogens is 5. The molecule has 2 aliphatic rings. The summed E-state index contributed by atoms with van der Waals surface area (Å²) in [4.78, 5) is 31.1. The summed E-state index contributed by atoms with van der Waals surface area (Å²) < 4.78 is 112. The molecule has 1 aromatic carbocycles. The van der Waals surface area contributed by atoms with Gasteiger partial charge in [-0.05, 0) is 49.4 Å². The van der Waals surface area contributed by atoms with Gasteiger partial charge >= 0.3 is 12.2 Å². The molecule has 3 heterocycles. The molecule has 3 aromatic rings. The Labute approximate surface area is 227 Å². The molecule has 210 valence electrons. The number of amides is 2. The predicted molar refractivity (Wildman–Crippen MR) is 129 cm³/mol. The van der Waals surface area contributed by atoms with Crippen LogP contribution in [0.3, 0.4) is 0 Å². The van der Waals surface area contributed by atoms with Crippen molar-refractivity contribution in [1.29, 1.82) is 0 Å². The van der Waals surface area contributed by atoms with E-state index in [1.54, 1.807) is 6.07 Å². The van der Waals surface area contributed by atoms with Gasteiger partial charge in [0.15, 0.2) is 17.3 Å². The smallest absolute Gasteiger partial charge is 0.410 e. The number of nitrogens with one attached hydrogen (secondary N) is 1. The Bertz CT molecular complexity index is 1550. The standard InChI is InChI=1S/C26H28F5N5O3/c1-2-36-19(7-10-32-36)20(37)12-17(16-5-8-25(27,28)9-6-16)23-33-18-11-15(3-4-21(18)39-23)13-35-14-22(26(29,30)31)34-24(35)38/h3-4,7,10-11,16-17,22H,2,5-6,8-9,12-14H2,1H3,(H,34,38)/t17-,22-/m0/s1/i1D3,2D2. The van der Waals surface area contributed by atoms with Crippen LogP contribution < -0.4 is 5.32 Å². The largest absolute Gasteiger partial charge is 0.440 e. The van der Waals surface area contributed by atoms with Gasteiger partial charge in [0.2, 0.25) is 5.92 Å². The van der Waals surface area contributed by atoms with Crippen LogP contribution in [-0.2, 0) is 13.0 Å². The summed E-state index contributed by atoms with van der Waals surface area (Å²) >= 11 is 0. The molecule has 8 nitrogen and oxygen atoms in total. The van der Waals surface area contributed by atoms with E-state index in [4.69, 9.17) is 11.3 Å². The summed E-state index contributed by atoms with van der Waals surface area (Å²) in [6.07, 6.45) is -4.66. The first-order valence-electron chi connectivity index (χ1n) is 14.8. The SMILES string of the molecule is [2H]C([2H])([2H])C([2H])([2H])n1nccc1C(=O)C[C@H](c1nc2cc(CN3C[C@@H](C(F)(F)F)NC3=O)ccc2o1)C1CCC(F)(F)CC1. The Morgan fingerprint density at radius 1 is 1.31 bits per heavy atom. The molecule has 0 radical (unpaired) electrons. The van der Waals surface area contributed by atoms with E-state index in [1.165, 1.54) is 18.2 Å². The molecule has 0 unspecified atom stereocenters. The van der Waals surface area contributed by atoms with Crippen LogP contribution >= 0.6 is 0 Å². The molecule has 2 aromatic heterocycles. The molecule has 0 bridgehead atoms. The minimum Gasteiger partial charge on any atom is -0.440 e. The molecule has 1 saturated heterocycles. The molecule has 2 amide bonds. The van der Waals surface area contributed by atoms with Crippen molar-refractivity contribution in [1.82, 2.24) is 25.0 Å². The van der Waals surface area contributed by atoms with Crippen LogP contribution in [0.1, 0.15) is 73.7 Å². The lowest BCUT2D eigenvalue weighted by Crippen LogP contribution is -2.40. The summed E-state index contributed by atoms with van der Waals surface area (Å²) in [6.45, 7) is -6.88. The fourth-order valence-corrected chi connectivity index (χ4v) is 5.21. The highest BCUT2D eigenvalue weighted by molar-refractivity contribution is 5.95. The van der Waals surface area contributed by atoms with E-state index in [9.17, 15) is 31.5 Å². The van der Waals surface area contributed by atoms with Gasteiger partial charge in [-0.3, -0.25) is 9.48 Å². The third kappa shape index (κ3) is 5.76. The van der Waals surface area contributed by atoms with Crippen LogP contribution in [0, 0.1) is 5.92 Å². The van der Waals surface area contributed by atoms with Crippen LogP contribution in [0.2, 0.25) is 0 Å². The predicted octanol–water partition coefficient (Wildman–Crippen LogP) is 5.68. The van der Waals surface area contributed by atoms with Crippen molar-refractivity contribution in [2.45, 2.75) is 76.1 Å². The van der Waals surface area contributed by atoms with Crippen molar-refractivity contribution in [3.05, 3.63) is 47.6 Å². The van der Waals surface area contributed by atoms with Crippen LogP contribution in [-0.4, -0.2) is 56.2 Å². The van der Waals surface area contributed by atoms with Crippen LogP contribution in [0.5, 0.6) is 0 Å². The third-order valence-electron chi connectivity index (χ3n) is 7.31. The van der Waals surface area contributed by atoms with Gasteiger partial charge in [0, 0.05) is 48.5 Å². The summed E-state index contributed by atoms with van der Waals surface area (Å²) in [6, 6.07) is 2.87. The minimum absolute atomic E-state index is 0.0364. The zero-order valence-corrected chi connectivity index (χ0v) is 20.5. The Balaban J connectivity index is 1.42. The Morgan fingerprint density at radius 2 is 2.08 bits per heavy atom. The molecule has 1 aliphatic heterocycles. The number of rotatable bonds is 8. The fraction of sp³-hybridized carbons (Fsp3) is 0.538. The normalized spacial score (nSPS) is 23.5. The number of carbonyl (C=O) groups is 2. The lowest BCUT2D eigenvalue weighted by molar-refractivity contribution is -0.149. The highest BCUT2D eigenvalue weighted by Gasteiger charge is 2.47. The number of carbonyl (C=O) groups excluding carboxylic acids is 2.